The van der Waals surface area contributed by atoms with Gasteiger partial charge < -0.3 is 10.6 Å². The van der Waals surface area contributed by atoms with E-state index in [1.54, 1.807) is 42.8 Å². The Labute approximate surface area is 173 Å². The molecule has 30 heavy (non-hydrogen) atoms. The molecule has 3 rings (SSSR count). The second kappa shape index (κ2) is 8.32. The maximum absolute atomic E-state index is 12.9. The van der Waals surface area contributed by atoms with E-state index in [0.717, 1.165) is 11.4 Å². The highest BCUT2D eigenvalue weighted by Gasteiger charge is 2.18. The normalized spacial score (nSPS) is 10.7. The van der Waals surface area contributed by atoms with Crippen molar-refractivity contribution in [1.82, 2.24) is 19.3 Å². The monoisotopic (exact) mass is 408 g/mol. The van der Waals surface area contributed by atoms with E-state index < -0.39 is 5.91 Å². The molecule has 2 N–H and O–H groups in total. The molecule has 2 amide bonds. The van der Waals surface area contributed by atoms with Gasteiger partial charge in [-0.15, -0.1) is 0 Å². The third-order valence-electron chi connectivity index (χ3n) is 4.59. The summed E-state index contributed by atoms with van der Waals surface area (Å²) in [6, 6.07) is 8.65. The Morgan fingerprint density at radius 1 is 1.03 bits per heavy atom. The second-order valence-corrected chi connectivity index (χ2v) is 7.16. The van der Waals surface area contributed by atoms with E-state index >= 15 is 0 Å². The number of nitrogens with one attached hydrogen (secondary N) is 2. The van der Waals surface area contributed by atoms with Gasteiger partial charge in [0.05, 0.1) is 5.69 Å². The molecule has 2 aromatic heterocycles. The third kappa shape index (κ3) is 4.45. The summed E-state index contributed by atoms with van der Waals surface area (Å²) in [6.07, 6.45) is 0. The largest absolute Gasteiger partial charge is 0.326 e. The Kier molecular flexibility index (Phi) is 5.81. The van der Waals surface area contributed by atoms with Crippen molar-refractivity contribution in [1.29, 1.82) is 0 Å². The van der Waals surface area contributed by atoms with Gasteiger partial charge in [-0.1, -0.05) is 6.07 Å². The van der Waals surface area contributed by atoms with E-state index in [-0.39, 0.29) is 24.0 Å². The average molecular weight is 408 g/mol. The number of carbonyl (C=O) groups is 2. The lowest BCUT2D eigenvalue weighted by Crippen LogP contribution is -2.33. The van der Waals surface area contributed by atoms with Gasteiger partial charge in [0.25, 0.3) is 5.56 Å². The summed E-state index contributed by atoms with van der Waals surface area (Å²) in [5.41, 5.74) is 3.41. The molecule has 0 aliphatic rings. The zero-order chi connectivity index (χ0) is 22.0. The molecule has 0 saturated heterocycles. The number of aryl methyl sites for hydroxylation is 3. The minimum Gasteiger partial charge on any atom is -0.326 e. The fourth-order valence-corrected chi connectivity index (χ4v) is 3.10. The quantitative estimate of drug-likeness (QED) is 0.673. The standard InChI is InChI=1S/C21H24N6O3/c1-12-9-13(2)27(25-12)21-22-15(4)14(3)20(30)26(21)11-19(29)24-18-8-6-7-17(10-18)23-16(5)28/h6-10H,11H2,1-5H3,(H,23,28)(H,24,29). The summed E-state index contributed by atoms with van der Waals surface area (Å²) >= 11 is 0. The zero-order valence-corrected chi connectivity index (χ0v) is 17.6. The number of carbonyl (C=O) groups excluding carboxylic acids is 2. The summed E-state index contributed by atoms with van der Waals surface area (Å²) in [5, 5.41) is 9.83. The minimum absolute atomic E-state index is 0.208. The van der Waals surface area contributed by atoms with Crippen molar-refractivity contribution in [3.05, 3.63) is 63.3 Å². The number of amides is 2. The van der Waals surface area contributed by atoms with Gasteiger partial charge >= 0.3 is 0 Å². The van der Waals surface area contributed by atoms with Gasteiger partial charge in [0.1, 0.15) is 6.54 Å². The Balaban J connectivity index is 1.93. The first-order chi connectivity index (χ1) is 14.2. The van der Waals surface area contributed by atoms with Gasteiger partial charge in [-0.2, -0.15) is 5.10 Å². The fraction of sp³-hybridized carbons (Fsp3) is 0.286. The number of rotatable bonds is 5. The Bertz CT molecular complexity index is 1190. The molecule has 0 atom stereocenters. The molecular weight excluding hydrogens is 384 g/mol. The van der Waals surface area contributed by atoms with Gasteiger partial charge in [0.2, 0.25) is 17.8 Å². The highest BCUT2D eigenvalue weighted by molar-refractivity contribution is 5.93. The summed E-state index contributed by atoms with van der Waals surface area (Å²) in [7, 11) is 0. The maximum Gasteiger partial charge on any atom is 0.258 e. The van der Waals surface area contributed by atoms with E-state index in [1.807, 2.05) is 19.9 Å². The topological polar surface area (TPSA) is 111 Å². The number of hydrogen-bond acceptors (Lipinski definition) is 5. The molecule has 3 aromatic rings. The summed E-state index contributed by atoms with van der Waals surface area (Å²) < 4.78 is 2.88. The van der Waals surface area contributed by atoms with Crippen molar-refractivity contribution in [3.63, 3.8) is 0 Å². The van der Waals surface area contributed by atoms with Crippen LogP contribution in [-0.4, -0.2) is 31.1 Å². The minimum atomic E-state index is -0.398. The van der Waals surface area contributed by atoms with Gasteiger partial charge in [0.15, 0.2) is 0 Å². The van der Waals surface area contributed by atoms with E-state index in [0.29, 0.717) is 22.6 Å². The van der Waals surface area contributed by atoms with Crippen LogP contribution in [0.5, 0.6) is 0 Å². The van der Waals surface area contributed by atoms with Crippen LogP contribution in [0.25, 0.3) is 5.95 Å². The van der Waals surface area contributed by atoms with Crippen LogP contribution in [-0.2, 0) is 16.1 Å². The van der Waals surface area contributed by atoms with Crippen LogP contribution in [0.15, 0.2) is 35.1 Å². The molecule has 0 bridgehead atoms. The molecular formula is C21H24N6O3. The Morgan fingerprint density at radius 3 is 2.30 bits per heavy atom. The van der Waals surface area contributed by atoms with Crippen molar-refractivity contribution in [2.24, 2.45) is 0 Å². The Hall–Kier alpha value is -3.75. The number of aromatic nitrogens is 4. The SMILES string of the molecule is CC(=O)Nc1cccc(NC(=O)Cn2c(-n3nc(C)cc3C)nc(C)c(C)c2=O)c1. The second-order valence-electron chi connectivity index (χ2n) is 7.16. The van der Waals surface area contributed by atoms with Crippen LogP contribution in [0.4, 0.5) is 11.4 Å². The van der Waals surface area contributed by atoms with Gasteiger partial charge in [-0.25, -0.2) is 9.67 Å². The van der Waals surface area contributed by atoms with Gasteiger partial charge in [-0.3, -0.25) is 19.0 Å². The van der Waals surface area contributed by atoms with Crippen LogP contribution < -0.4 is 16.2 Å². The predicted molar refractivity (Wildman–Crippen MR) is 114 cm³/mol. The van der Waals surface area contributed by atoms with E-state index in [1.165, 1.54) is 11.5 Å². The molecule has 0 saturated carbocycles. The zero-order valence-electron chi connectivity index (χ0n) is 17.6. The number of benzene rings is 1. The van der Waals surface area contributed by atoms with Crippen molar-refractivity contribution in [2.45, 2.75) is 41.2 Å². The molecule has 0 spiro atoms. The lowest BCUT2D eigenvalue weighted by atomic mass is 10.2. The smallest absolute Gasteiger partial charge is 0.258 e. The van der Waals surface area contributed by atoms with E-state index in [9.17, 15) is 14.4 Å². The summed E-state index contributed by atoms with van der Waals surface area (Å²) in [5.74, 6) is -0.318. The molecule has 0 fully saturated rings. The van der Waals surface area contributed by atoms with Crippen molar-refractivity contribution in [3.8, 4) is 5.95 Å². The first-order valence-corrected chi connectivity index (χ1v) is 9.45. The van der Waals surface area contributed by atoms with Crippen molar-refractivity contribution < 1.29 is 9.59 Å². The van der Waals surface area contributed by atoms with Crippen molar-refractivity contribution >= 4 is 23.2 Å². The van der Waals surface area contributed by atoms with Crippen LogP contribution in [0.3, 0.4) is 0 Å². The lowest BCUT2D eigenvalue weighted by Gasteiger charge is -2.15. The maximum atomic E-state index is 12.9. The lowest BCUT2D eigenvalue weighted by molar-refractivity contribution is -0.117. The van der Waals surface area contributed by atoms with Crippen LogP contribution in [0.1, 0.15) is 29.6 Å². The molecule has 9 nitrogen and oxygen atoms in total. The summed E-state index contributed by atoms with van der Waals surface area (Å²) in [4.78, 5) is 41.4. The highest BCUT2D eigenvalue weighted by atomic mass is 16.2. The number of hydrogen-bond donors (Lipinski definition) is 2. The molecule has 0 unspecified atom stereocenters. The van der Waals surface area contributed by atoms with E-state index in [2.05, 4.69) is 20.7 Å². The predicted octanol–water partition coefficient (Wildman–Crippen LogP) is 2.26. The van der Waals surface area contributed by atoms with Gasteiger partial charge in [0, 0.05) is 35.2 Å². The molecule has 156 valence electrons. The molecule has 0 aliphatic carbocycles. The molecule has 0 aliphatic heterocycles. The highest BCUT2D eigenvalue weighted by Crippen LogP contribution is 2.16. The van der Waals surface area contributed by atoms with Crippen LogP contribution in [0, 0.1) is 27.7 Å². The number of nitrogens with zero attached hydrogens (tertiary/aromatic N) is 4. The molecule has 0 radical (unpaired) electrons. The van der Waals surface area contributed by atoms with Gasteiger partial charge in [-0.05, 0) is 52.0 Å². The summed E-state index contributed by atoms with van der Waals surface area (Å²) in [6.45, 7) is 8.32. The third-order valence-corrected chi connectivity index (χ3v) is 4.59. The first-order valence-electron chi connectivity index (χ1n) is 9.45. The fourth-order valence-electron chi connectivity index (χ4n) is 3.10. The van der Waals surface area contributed by atoms with E-state index in [4.69, 9.17) is 0 Å². The molecule has 2 heterocycles. The first kappa shape index (κ1) is 21.0. The average Bonchev–Trinajstić information content (AvgIpc) is 2.99. The van der Waals surface area contributed by atoms with Crippen LogP contribution in [0.2, 0.25) is 0 Å². The molecule has 9 heteroatoms. The Morgan fingerprint density at radius 2 is 1.70 bits per heavy atom. The number of anilines is 2. The van der Waals surface area contributed by atoms with Crippen LogP contribution >= 0.6 is 0 Å². The molecule has 1 aromatic carbocycles. The van der Waals surface area contributed by atoms with Crippen molar-refractivity contribution in [2.75, 3.05) is 10.6 Å².